The van der Waals surface area contributed by atoms with Gasteiger partial charge in [-0.1, -0.05) is 58.4 Å². The highest BCUT2D eigenvalue weighted by Crippen LogP contribution is 2.71. The quantitative estimate of drug-likeness (QED) is 0.543. The molecule has 0 saturated heterocycles. The van der Waals surface area contributed by atoms with Crippen molar-refractivity contribution in [2.75, 3.05) is 0 Å². The topological polar surface area (TPSA) is 56.2 Å². The third-order valence-electron chi connectivity index (χ3n) is 9.95. The first kappa shape index (κ1) is 21.3. The van der Waals surface area contributed by atoms with Crippen molar-refractivity contribution in [3.8, 4) is 0 Å². The lowest BCUT2D eigenvalue weighted by Crippen LogP contribution is -2.68. The standard InChI is InChI=1S/C28H39NO2/c1-16(2)19-12-13-28-23(30)11-10-18(4)27(28,5)24(31)14-17(3)26(28)25(19)21-15-29-22-9-7-6-8-20(21)22/h6-9,15-18,23-24,26,29-31H,10-14H2,1-5H3/t17?,18?,23-,24?,26?,27?,28-/m1/s1. The predicted molar refractivity (Wildman–Crippen MR) is 128 cm³/mol. The first-order valence-corrected chi connectivity index (χ1v) is 12.4. The van der Waals surface area contributed by atoms with Gasteiger partial charge in [0.2, 0.25) is 0 Å². The van der Waals surface area contributed by atoms with Crippen molar-refractivity contribution in [3.05, 3.63) is 41.6 Å². The Morgan fingerprint density at radius 1 is 1.06 bits per heavy atom. The lowest BCUT2D eigenvalue weighted by molar-refractivity contribution is -0.240. The van der Waals surface area contributed by atoms with E-state index in [0.717, 1.165) is 32.1 Å². The van der Waals surface area contributed by atoms with Crippen LogP contribution in [0.25, 0.3) is 16.5 Å². The van der Waals surface area contributed by atoms with Gasteiger partial charge in [-0.25, -0.2) is 0 Å². The van der Waals surface area contributed by atoms with E-state index in [0.29, 0.717) is 17.8 Å². The molecule has 1 aromatic carbocycles. The van der Waals surface area contributed by atoms with Gasteiger partial charge in [0.05, 0.1) is 12.2 Å². The minimum absolute atomic E-state index is 0.262. The molecular formula is C28H39NO2. The second-order valence-corrected chi connectivity index (χ2v) is 11.4. The summed E-state index contributed by atoms with van der Waals surface area (Å²) in [6, 6.07) is 8.60. The van der Waals surface area contributed by atoms with Crippen LogP contribution in [0.4, 0.5) is 0 Å². The maximum Gasteiger partial charge on any atom is 0.0608 e. The lowest BCUT2D eigenvalue weighted by atomic mass is 9.37. The normalized spacial score (nSPS) is 40.8. The lowest BCUT2D eigenvalue weighted by Gasteiger charge is -2.68. The third-order valence-corrected chi connectivity index (χ3v) is 9.95. The van der Waals surface area contributed by atoms with E-state index >= 15 is 0 Å². The summed E-state index contributed by atoms with van der Waals surface area (Å²) in [5, 5.41) is 24.5. The molecule has 0 bridgehead atoms. The number of H-pyrrole nitrogens is 1. The highest BCUT2D eigenvalue weighted by Gasteiger charge is 2.68. The van der Waals surface area contributed by atoms with Gasteiger partial charge in [-0.15, -0.1) is 0 Å². The van der Waals surface area contributed by atoms with E-state index in [1.165, 1.54) is 22.0 Å². The fourth-order valence-electron chi connectivity index (χ4n) is 8.25. The number of aromatic amines is 1. The number of hydrogen-bond donors (Lipinski definition) is 3. The van der Waals surface area contributed by atoms with Gasteiger partial charge in [0.1, 0.15) is 0 Å². The smallest absolute Gasteiger partial charge is 0.0608 e. The molecule has 3 aliphatic rings. The Kier molecular flexibility index (Phi) is 4.95. The molecule has 3 nitrogen and oxygen atoms in total. The molecule has 1 spiro atoms. The molecule has 31 heavy (non-hydrogen) atoms. The van der Waals surface area contributed by atoms with Crippen molar-refractivity contribution >= 4 is 16.5 Å². The molecule has 0 radical (unpaired) electrons. The monoisotopic (exact) mass is 421 g/mol. The molecule has 3 aliphatic carbocycles. The van der Waals surface area contributed by atoms with Gasteiger partial charge in [0.15, 0.2) is 0 Å². The van der Waals surface area contributed by atoms with Crippen LogP contribution < -0.4 is 0 Å². The van der Waals surface area contributed by atoms with Crippen molar-refractivity contribution < 1.29 is 10.2 Å². The Morgan fingerprint density at radius 2 is 1.81 bits per heavy atom. The molecule has 2 aromatic rings. The van der Waals surface area contributed by atoms with E-state index in [4.69, 9.17) is 0 Å². The van der Waals surface area contributed by atoms with Gasteiger partial charge < -0.3 is 15.2 Å². The average Bonchev–Trinajstić information content (AvgIpc) is 3.17. The van der Waals surface area contributed by atoms with Gasteiger partial charge in [-0.05, 0) is 67.4 Å². The zero-order valence-corrected chi connectivity index (χ0v) is 19.8. The molecule has 7 atom stereocenters. The van der Waals surface area contributed by atoms with Crippen LogP contribution in [0.5, 0.6) is 0 Å². The first-order valence-electron chi connectivity index (χ1n) is 12.4. The molecule has 3 N–H and O–H groups in total. The minimum atomic E-state index is -0.356. The van der Waals surface area contributed by atoms with Crippen molar-refractivity contribution in [1.29, 1.82) is 0 Å². The van der Waals surface area contributed by atoms with Gasteiger partial charge in [0, 0.05) is 33.5 Å². The van der Waals surface area contributed by atoms with Crippen LogP contribution >= 0.6 is 0 Å². The Bertz CT molecular complexity index is 1020. The average molecular weight is 422 g/mol. The summed E-state index contributed by atoms with van der Waals surface area (Å²) in [5.41, 5.74) is 4.99. The first-order chi connectivity index (χ1) is 14.7. The molecule has 5 unspecified atom stereocenters. The largest absolute Gasteiger partial charge is 0.393 e. The Hall–Kier alpha value is -1.58. The van der Waals surface area contributed by atoms with Gasteiger partial charge >= 0.3 is 0 Å². The second-order valence-electron chi connectivity index (χ2n) is 11.4. The van der Waals surface area contributed by atoms with Crippen LogP contribution in [0.1, 0.15) is 72.3 Å². The van der Waals surface area contributed by atoms with Gasteiger partial charge in [0.25, 0.3) is 0 Å². The number of aliphatic hydroxyl groups excluding tert-OH is 2. The molecule has 2 saturated carbocycles. The predicted octanol–water partition coefficient (Wildman–Crippen LogP) is 6.17. The van der Waals surface area contributed by atoms with E-state index in [1.807, 2.05) is 0 Å². The number of aliphatic hydroxyl groups is 2. The maximum atomic E-state index is 11.7. The number of allylic oxidation sites excluding steroid dienone is 2. The minimum Gasteiger partial charge on any atom is -0.393 e. The summed E-state index contributed by atoms with van der Waals surface area (Å²) >= 11 is 0. The third kappa shape index (κ3) is 2.66. The van der Waals surface area contributed by atoms with Crippen molar-refractivity contribution in [3.63, 3.8) is 0 Å². The molecule has 168 valence electrons. The Balaban J connectivity index is 1.80. The number of nitrogens with one attached hydrogen (secondary N) is 1. The summed E-state index contributed by atoms with van der Waals surface area (Å²) in [5.74, 6) is 1.49. The highest BCUT2D eigenvalue weighted by atomic mass is 16.3. The maximum absolute atomic E-state index is 11.7. The summed E-state index contributed by atoms with van der Waals surface area (Å²) < 4.78 is 0. The van der Waals surface area contributed by atoms with Crippen LogP contribution in [0, 0.1) is 34.5 Å². The highest BCUT2D eigenvalue weighted by molar-refractivity contribution is 5.94. The Labute approximate surface area is 187 Å². The fraction of sp³-hybridized carbons (Fsp3) is 0.643. The van der Waals surface area contributed by atoms with Crippen molar-refractivity contribution in [1.82, 2.24) is 4.98 Å². The summed E-state index contributed by atoms with van der Waals surface area (Å²) in [4.78, 5) is 3.52. The number of benzene rings is 1. The van der Waals surface area contributed by atoms with Crippen LogP contribution in [-0.4, -0.2) is 27.4 Å². The number of aromatic nitrogens is 1. The number of para-hydroxylation sites is 1. The summed E-state index contributed by atoms with van der Waals surface area (Å²) in [6.07, 6.45) is 6.17. The molecule has 0 aliphatic heterocycles. The Morgan fingerprint density at radius 3 is 2.55 bits per heavy atom. The van der Waals surface area contributed by atoms with Crippen LogP contribution in [0.3, 0.4) is 0 Å². The van der Waals surface area contributed by atoms with Crippen LogP contribution in [-0.2, 0) is 0 Å². The van der Waals surface area contributed by atoms with E-state index < -0.39 is 0 Å². The van der Waals surface area contributed by atoms with E-state index in [9.17, 15) is 10.2 Å². The van der Waals surface area contributed by atoms with E-state index in [1.54, 1.807) is 5.57 Å². The molecule has 2 fully saturated rings. The fourth-order valence-corrected chi connectivity index (χ4v) is 8.25. The van der Waals surface area contributed by atoms with Crippen LogP contribution in [0.2, 0.25) is 0 Å². The van der Waals surface area contributed by atoms with E-state index in [-0.39, 0.29) is 29.0 Å². The van der Waals surface area contributed by atoms with Crippen LogP contribution in [0.15, 0.2) is 36.0 Å². The second kappa shape index (κ2) is 7.22. The van der Waals surface area contributed by atoms with E-state index in [2.05, 4.69) is 70.1 Å². The SMILES string of the molecule is CC(C)C1=C(c2c[nH]c3ccccc23)C2C(C)CC(O)C3(C)C(C)CC[C@@H](O)[C@]23CC1. The number of fused-ring (bicyclic) bond motifs is 1. The van der Waals surface area contributed by atoms with Gasteiger partial charge in [-0.2, -0.15) is 0 Å². The zero-order chi connectivity index (χ0) is 22.1. The molecular weight excluding hydrogens is 382 g/mol. The summed E-state index contributed by atoms with van der Waals surface area (Å²) in [7, 11) is 0. The molecule has 0 amide bonds. The number of rotatable bonds is 2. The molecule has 3 heteroatoms. The van der Waals surface area contributed by atoms with Gasteiger partial charge in [-0.3, -0.25) is 0 Å². The zero-order valence-electron chi connectivity index (χ0n) is 19.8. The van der Waals surface area contributed by atoms with Crippen molar-refractivity contribution in [2.24, 2.45) is 34.5 Å². The van der Waals surface area contributed by atoms with Crippen molar-refractivity contribution in [2.45, 2.75) is 78.9 Å². The number of hydrogen-bond acceptors (Lipinski definition) is 2. The molecule has 5 rings (SSSR count). The molecule has 1 aromatic heterocycles. The molecule has 1 heterocycles. The summed E-state index contributed by atoms with van der Waals surface area (Å²) in [6.45, 7) is 11.6.